The smallest absolute Gasteiger partial charge is 0.182 e. The Bertz CT molecular complexity index is 679. The van der Waals surface area contributed by atoms with E-state index in [4.69, 9.17) is 0 Å². The van der Waals surface area contributed by atoms with Gasteiger partial charge in [-0.25, -0.2) is 0 Å². The Labute approximate surface area is 103 Å². The molecular formula is C14H10O2S. The van der Waals surface area contributed by atoms with Gasteiger partial charge in [-0.3, -0.25) is 0 Å². The summed E-state index contributed by atoms with van der Waals surface area (Å²) >= 11 is 1.18. The van der Waals surface area contributed by atoms with Crippen LogP contribution < -0.4 is 0 Å². The first-order valence-corrected chi connectivity index (χ1v) is 6.31. The van der Waals surface area contributed by atoms with Crippen molar-refractivity contribution in [1.29, 1.82) is 0 Å². The van der Waals surface area contributed by atoms with Gasteiger partial charge >= 0.3 is 0 Å². The minimum absolute atomic E-state index is 0.811. The molecule has 1 aliphatic carbocycles. The first-order valence-electron chi connectivity index (χ1n) is 5.50. The topological polar surface area (TPSA) is 40.5 Å². The van der Waals surface area contributed by atoms with E-state index in [0.717, 1.165) is 21.9 Å². The Balaban J connectivity index is 2.06. The lowest BCUT2D eigenvalue weighted by molar-refractivity contribution is 0.0457. The van der Waals surface area contributed by atoms with Crippen molar-refractivity contribution in [3.8, 4) is 0 Å². The van der Waals surface area contributed by atoms with E-state index < -0.39 is 9.87 Å². The number of benzene rings is 2. The van der Waals surface area contributed by atoms with Crippen molar-refractivity contribution < 1.29 is 10.2 Å². The third-order valence-corrected chi connectivity index (χ3v) is 4.88. The summed E-state index contributed by atoms with van der Waals surface area (Å²) in [5.74, 6) is 0. The second kappa shape index (κ2) is 2.75. The largest absolute Gasteiger partial charge is 0.372 e. The molecule has 0 aromatic heterocycles. The van der Waals surface area contributed by atoms with Gasteiger partial charge in [0.25, 0.3) is 0 Å². The van der Waals surface area contributed by atoms with E-state index in [1.54, 1.807) is 6.08 Å². The summed E-state index contributed by atoms with van der Waals surface area (Å²) in [5.41, 5.74) is 1.80. The van der Waals surface area contributed by atoms with Gasteiger partial charge in [0.2, 0.25) is 0 Å². The number of hydrogen-bond acceptors (Lipinski definition) is 3. The molecule has 1 saturated heterocycles. The average molecular weight is 242 g/mol. The fraction of sp³-hybridized carbons (Fsp3) is 0.143. The average Bonchev–Trinajstić information content (AvgIpc) is 2.91. The Kier molecular flexibility index (Phi) is 1.57. The molecule has 3 heteroatoms. The maximum Gasteiger partial charge on any atom is 0.182 e. The number of hydrogen-bond donors (Lipinski definition) is 2. The molecule has 4 rings (SSSR count). The molecule has 1 aliphatic heterocycles. The summed E-state index contributed by atoms with van der Waals surface area (Å²) in [7, 11) is 0. The summed E-state index contributed by atoms with van der Waals surface area (Å²) in [5, 5.41) is 22.7. The second-order valence-corrected chi connectivity index (χ2v) is 5.98. The van der Waals surface area contributed by atoms with Gasteiger partial charge in [0.05, 0.1) is 0 Å². The molecule has 0 radical (unpaired) electrons. The van der Waals surface area contributed by atoms with E-state index in [1.807, 2.05) is 36.4 Å². The van der Waals surface area contributed by atoms with Crippen LogP contribution in [0.1, 0.15) is 11.1 Å². The zero-order valence-corrected chi connectivity index (χ0v) is 9.74. The van der Waals surface area contributed by atoms with Crippen LogP contribution in [-0.4, -0.2) is 15.1 Å². The monoisotopic (exact) mass is 242 g/mol. The highest BCUT2D eigenvalue weighted by Crippen LogP contribution is 2.70. The van der Waals surface area contributed by atoms with Crippen LogP contribution in [0.2, 0.25) is 0 Å². The van der Waals surface area contributed by atoms with Crippen LogP contribution in [0.25, 0.3) is 16.8 Å². The lowest BCUT2D eigenvalue weighted by atomic mass is 9.90. The van der Waals surface area contributed by atoms with Crippen LogP contribution in [0.5, 0.6) is 0 Å². The normalized spacial score (nSPS) is 33.3. The van der Waals surface area contributed by atoms with Crippen LogP contribution in [0.4, 0.5) is 0 Å². The van der Waals surface area contributed by atoms with E-state index in [2.05, 4.69) is 6.07 Å². The highest BCUT2D eigenvalue weighted by molar-refractivity contribution is 8.08. The number of fused-ring (bicyclic) bond motifs is 4. The summed E-state index contributed by atoms with van der Waals surface area (Å²) in [4.78, 5) is -2.27. The van der Waals surface area contributed by atoms with Crippen molar-refractivity contribution in [3.05, 3.63) is 53.6 Å². The highest BCUT2D eigenvalue weighted by Gasteiger charge is 2.69. The SMILES string of the molecule is OC12C=Cc3cc4ccccc4cc3C1(O)S2. The zero-order chi connectivity index (χ0) is 11.7. The molecule has 0 saturated carbocycles. The van der Waals surface area contributed by atoms with Crippen molar-refractivity contribution in [1.82, 2.24) is 0 Å². The third kappa shape index (κ3) is 1.09. The first-order chi connectivity index (χ1) is 8.12. The molecule has 0 amide bonds. The maximum absolute atomic E-state index is 10.4. The standard InChI is InChI=1S/C14H10O2S/c15-13-6-5-11-7-9-3-1-2-4-10(9)8-12(11)14(13,16)17-13/h1-8,15-16H. The molecule has 1 fully saturated rings. The first kappa shape index (κ1) is 9.71. The summed E-state index contributed by atoms with van der Waals surface area (Å²) in [6.45, 7) is 0. The molecule has 2 N–H and O–H groups in total. The fourth-order valence-electron chi connectivity index (χ4n) is 2.49. The Morgan fingerprint density at radius 3 is 2.47 bits per heavy atom. The van der Waals surface area contributed by atoms with Gasteiger partial charge in [0.1, 0.15) is 0 Å². The fourth-order valence-corrected chi connectivity index (χ4v) is 3.49. The van der Waals surface area contributed by atoms with E-state index in [9.17, 15) is 10.2 Å². The van der Waals surface area contributed by atoms with Gasteiger partial charge in [-0.05, 0) is 34.5 Å². The van der Waals surface area contributed by atoms with Crippen molar-refractivity contribution >= 4 is 28.6 Å². The quantitative estimate of drug-likeness (QED) is 0.697. The molecule has 2 nitrogen and oxygen atoms in total. The third-order valence-electron chi connectivity index (χ3n) is 3.52. The molecule has 2 unspecified atom stereocenters. The molecule has 84 valence electrons. The Morgan fingerprint density at radius 2 is 1.71 bits per heavy atom. The van der Waals surface area contributed by atoms with Crippen molar-refractivity contribution in [2.24, 2.45) is 0 Å². The van der Waals surface area contributed by atoms with E-state index in [1.165, 1.54) is 11.8 Å². The minimum atomic E-state index is -1.15. The predicted molar refractivity (Wildman–Crippen MR) is 69.4 cm³/mol. The number of aliphatic hydroxyl groups is 2. The van der Waals surface area contributed by atoms with Crippen LogP contribution in [-0.2, 0) is 4.93 Å². The summed E-state index contributed by atoms with van der Waals surface area (Å²) in [6.07, 6.45) is 3.56. The van der Waals surface area contributed by atoms with E-state index in [-0.39, 0.29) is 0 Å². The molecule has 1 heterocycles. The Morgan fingerprint density at radius 1 is 1.00 bits per heavy atom. The zero-order valence-electron chi connectivity index (χ0n) is 8.92. The lowest BCUT2D eigenvalue weighted by Gasteiger charge is -2.19. The maximum atomic E-state index is 10.4. The van der Waals surface area contributed by atoms with Gasteiger partial charge in [-0.1, -0.05) is 42.1 Å². The minimum Gasteiger partial charge on any atom is -0.372 e. The number of thioether (sulfide) groups is 1. The van der Waals surface area contributed by atoms with E-state index >= 15 is 0 Å². The Hall–Kier alpha value is -1.29. The van der Waals surface area contributed by atoms with Crippen LogP contribution in [0.15, 0.2) is 42.5 Å². The second-order valence-electron chi connectivity index (χ2n) is 4.56. The number of rotatable bonds is 0. The molecule has 2 aromatic carbocycles. The van der Waals surface area contributed by atoms with Crippen molar-refractivity contribution in [2.75, 3.05) is 0 Å². The van der Waals surface area contributed by atoms with Crippen molar-refractivity contribution in [2.45, 2.75) is 9.87 Å². The van der Waals surface area contributed by atoms with Gasteiger partial charge in [-0.15, -0.1) is 0 Å². The summed E-state index contributed by atoms with van der Waals surface area (Å²) in [6, 6.07) is 12.1. The van der Waals surface area contributed by atoms with Crippen LogP contribution in [0, 0.1) is 0 Å². The summed E-state index contributed by atoms with van der Waals surface area (Å²) < 4.78 is 0. The molecule has 17 heavy (non-hydrogen) atoms. The van der Waals surface area contributed by atoms with Gasteiger partial charge in [0, 0.05) is 5.56 Å². The van der Waals surface area contributed by atoms with E-state index in [0.29, 0.717) is 0 Å². The van der Waals surface area contributed by atoms with Crippen molar-refractivity contribution in [3.63, 3.8) is 0 Å². The molecule has 0 bridgehead atoms. The molecule has 2 aliphatic rings. The molecular weight excluding hydrogens is 232 g/mol. The van der Waals surface area contributed by atoms with Gasteiger partial charge < -0.3 is 10.2 Å². The van der Waals surface area contributed by atoms with Gasteiger partial charge in [0.15, 0.2) is 9.87 Å². The predicted octanol–water partition coefficient (Wildman–Crippen LogP) is 2.45. The molecule has 2 aromatic rings. The lowest BCUT2D eigenvalue weighted by Crippen LogP contribution is -2.24. The van der Waals surface area contributed by atoms with Crippen LogP contribution >= 0.6 is 11.8 Å². The molecule has 2 atom stereocenters. The molecule has 0 spiro atoms. The van der Waals surface area contributed by atoms with Crippen LogP contribution in [0.3, 0.4) is 0 Å². The van der Waals surface area contributed by atoms with Gasteiger partial charge in [-0.2, -0.15) is 0 Å². The highest BCUT2D eigenvalue weighted by atomic mass is 32.2.